The average Bonchev–Trinajstić information content (AvgIpc) is 1.99. The van der Waals surface area contributed by atoms with E-state index >= 15 is 0 Å². The largest absolute Gasteiger partial charge is 0.329 e. The van der Waals surface area contributed by atoms with Crippen LogP contribution >= 0.6 is 0 Å². The van der Waals surface area contributed by atoms with Crippen molar-refractivity contribution in [2.45, 2.75) is 19.9 Å². The third kappa shape index (κ3) is 3.89. The predicted octanol–water partition coefficient (Wildman–Crippen LogP) is 0.171. The standard InChI is InChI=1S/C8H18N2O2S/c1-4-6-10(8(2)3)13(11,12)7-5-9/h4,8H,1,5-7,9H2,2-3H3. The molecule has 0 aliphatic carbocycles. The molecule has 13 heavy (non-hydrogen) atoms. The molecule has 0 aliphatic heterocycles. The van der Waals surface area contributed by atoms with Crippen LogP contribution in [0.1, 0.15) is 13.8 Å². The minimum absolute atomic E-state index is 0.000972. The molecule has 0 aromatic heterocycles. The minimum Gasteiger partial charge on any atom is -0.329 e. The van der Waals surface area contributed by atoms with E-state index in [0.717, 1.165) is 0 Å². The number of nitrogens with zero attached hydrogens (tertiary/aromatic N) is 1. The SMILES string of the molecule is C=CCN(C(C)C)S(=O)(=O)CCN. The maximum atomic E-state index is 11.6. The van der Waals surface area contributed by atoms with Crippen LogP contribution in [0.15, 0.2) is 12.7 Å². The van der Waals surface area contributed by atoms with Crippen LogP contribution in [0, 0.1) is 0 Å². The van der Waals surface area contributed by atoms with Crippen molar-refractivity contribution < 1.29 is 8.42 Å². The maximum absolute atomic E-state index is 11.6. The molecular formula is C8H18N2O2S. The molecule has 0 atom stereocenters. The summed E-state index contributed by atoms with van der Waals surface area (Å²) in [6.45, 7) is 7.68. The molecule has 0 aliphatic rings. The lowest BCUT2D eigenvalue weighted by molar-refractivity contribution is 0.383. The van der Waals surface area contributed by atoms with E-state index in [2.05, 4.69) is 6.58 Å². The fourth-order valence-electron chi connectivity index (χ4n) is 1.04. The first-order valence-corrected chi connectivity index (χ1v) is 5.87. The normalized spacial score (nSPS) is 12.4. The molecule has 0 saturated carbocycles. The minimum atomic E-state index is -3.20. The Kier molecular flexibility index (Phi) is 5.20. The van der Waals surface area contributed by atoms with Gasteiger partial charge in [-0.25, -0.2) is 8.42 Å². The van der Waals surface area contributed by atoms with Crippen molar-refractivity contribution >= 4 is 10.0 Å². The Hall–Kier alpha value is -0.390. The zero-order valence-corrected chi connectivity index (χ0v) is 9.05. The summed E-state index contributed by atoms with van der Waals surface area (Å²) in [6.07, 6.45) is 1.58. The Balaban J connectivity index is 4.62. The number of hydrogen-bond acceptors (Lipinski definition) is 3. The molecule has 0 aromatic rings. The van der Waals surface area contributed by atoms with E-state index in [0.29, 0.717) is 6.54 Å². The van der Waals surface area contributed by atoms with Crippen molar-refractivity contribution in [2.24, 2.45) is 5.73 Å². The highest BCUT2D eigenvalue weighted by atomic mass is 32.2. The maximum Gasteiger partial charge on any atom is 0.215 e. The van der Waals surface area contributed by atoms with Gasteiger partial charge in [0.05, 0.1) is 5.75 Å². The van der Waals surface area contributed by atoms with Crippen molar-refractivity contribution in [2.75, 3.05) is 18.8 Å². The Labute approximate surface area is 80.5 Å². The van der Waals surface area contributed by atoms with Crippen LogP contribution in [0.2, 0.25) is 0 Å². The molecule has 0 unspecified atom stereocenters. The predicted molar refractivity (Wildman–Crippen MR) is 54.9 cm³/mol. The second-order valence-electron chi connectivity index (χ2n) is 3.06. The molecule has 0 heterocycles. The van der Waals surface area contributed by atoms with Crippen LogP contribution in [-0.4, -0.2) is 37.6 Å². The lowest BCUT2D eigenvalue weighted by atomic mass is 10.4. The summed E-state index contributed by atoms with van der Waals surface area (Å²) in [4.78, 5) is 0. The average molecular weight is 206 g/mol. The quantitative estimate of drug-likeness (QED) is 0.630. The molecule has 0 radical (unpaired) electrons. The number of rotatable bonds is 6. The van der Waals surface area contributed by atoms with Gasteiger partial charge in [0.25, 0.3) is 0 Å². The van der Waals surface area contributed by atoms with Gasteiger partial charge in [0.15, 0.2) is 0 Å². The van der Waals surface area contributed by atoms with Crippen LogP contribution in [-0.2, 0) is 10.0 Å². The van der Waals surface area contributed by atoms with Gasteiger partial charge in [-0.05, 0) is 13.8 Å². The smallest absolute Gasteiger partial charge is 0.215 e. The third-order valence-electron chi connectivity index (χ3n) is 1.62. The van der Waals surface area contributed by atoms with E-state index in [9.17, 15) is 8.42 Å². The molecule has 4 nitrogen and oxygen atoms in total. The molecule has 0 amide bonds. The molecule has 0 saturated heterocycles. The van der Waals surface area contributed by atoms with Crippen molar-refractivity contribution in [1.82, 2.24) is 4.31 Å². The highest BCUT2D eigenvalue weighted by Gasteiger charge is 2.22. The van der Waals surface area contributed by atoms with Crippen LogP contribution in [0.25, 0.3) is 0 Å². The fourth-order valence-corrected chi connectivity index (χ4v) is 2.55. The van der Waals surface area contributed by atoms with Gasteiger partial charge < -0.3 is 5.73 Å². The van der Waals surface area contributed by atoms with Gasteiger partial charge in [-0.2, -0.15) is 4.31 Å². The molecule has 0 aromatic carbocycles. The Morgan fingerprint density at radius 2 is 2.08 bits per heavy atom. The summed E-state index contributed by atoms with van der Waals surface area (Å²) in [5.74, 6) is -0.000972. The summed E-state index contributed by atoms with van der Waals surface area (Å²) in [5.41, 5.74) is 5.22. The van der Waals surface area contributed by atoms with Crippen LogP contribution in [0.4, 0.5) is 0 Å². The van der Waals surface area contributed by atoms with E-state index in [1.807, 2.05) is 13.8 Å². The Morgan fingerprint density at radius 1 is 1.54 bits per heavy atom. The second kappa shape index (κ2) is 5.36. The molecule has 0 fully saturated rings. The van der Waals surface area contributed by atoms with Crippen LogP contribution < -0.4 is 5.73 Å². The van der Waals surface area contributed by atoms with Gasteiger partial charge in [-0.3, -0.25) is 0 Å². The molecule has 5 heteroatoms. The van der Waals surface area contributed by atoms with Crippen molar-refractivity contribution in [1.29, 1.82) is 0 Å². The van der Waals surface area contributed by atoms with Crippen molar-refractivity contribution in [3.63, 3.8) is 0 Å². The van der Waals surface area contributed by atoms with Gasteiger partial charge in [0.1, 0.15) is 0 Å². The highest BCUT2D eigenvalue weighted by Crippen LogP contribution is 2.06. The van der Waals surface area contributed by atoms with E-state index in [4.69, 9.17) is 5.73 Å². The van der Waals surface area contributed by atoms with Crippen molar-refractivity contribution in [3.05, 3.63) is 12.7 Å². The number of hydrogen-bond donors (Lipinski definition) is 1. The number of sulfonamides is 1. The van der Waals surface area contributed by atoms with E-state index in [1.54, 1.807) is 6.08 Å². The lowest BCUT2D eigenvalue weighted by Gasteiger charge is -2.24. The Morgan fingerprint density at radius 3 is 2.38 bits per heavy atom. The monoisotopic (exact) mass is 206 g/mol. The van der Waals surface area contributed by atoms with E-state index in [-0.39, 0.29) is 18.3 Å². The third-order valence-corrected chi connectivity index (χ3v) is 3.66. The molecular weight excluding hydrogens is 188 g/mol. The van der Waals surface area contributed by atoms with Crippen molar-refractivity contribution in [3.8, 4) is 0 Å². The van der Waals surface area contributed by atoms with E-state index < -0.39 is 10.0 Å². The second-order valence-corrected chi connectivity index (χ2v) is 5.10. The molecule has 0 spiro atoms. The molecule has 0 rings (SSSR count). The highest BCUT2D eigenvalue weighted by molar-refractivity contribution is 7.89. The summed E-state index contributed by atoms with van der Waals surface area (Å²) in [7, 11) is -3.20. The van der Waals surface area contributed by atoms with Gasteiger partial charge in [-0.1, -0.05) is 6.08 Å². The summed E-state index contributed by atoms with van der Waals surface area (Å²) >= 11 is 0. The summed E-state index contributed by atoms with van der Waals surface area (Å²) in [5, 5.41) is 0. The first kappa shape index (κ1) is 12.6. The molecule has 2 N–H and O–H groups in total. The Bertz CT molecular complexity index is 247. The molecule has 78 valence electrons. The zero-order chi connectivity index (χ0) is 10.5. The lowest BCUT2D eigenvalue weighted by Crippen LogP contribution is -2.40. The topological polar surface area (TPSA) is 63.4 Å². The van der Waals surface area contributed by atoms with E-state index in [1.165, 1.54) is 4.31 Å². The first-order chi connectivity index (χ1) is 5.95. The molecule has 0 bridgehead atoms. The van der Waals surface area contributed by atoms with Gasteiger partial charge in [-0.15, -0.1) is 6.58 Å². The summed E-state index contributed by atoms with van der Waals surface area (Å²) in [6, 6.07) is -0.0467. The van der Waals surface area contributed by atoms with Gasteiger partial charge in [0, 0.05) is 19.1 Å². The fraction of sp³-hybridized carbons (Fsp3) is 0.750. The van der Waals surface area contributed by atoms with Crippen LogP contribution in [0.3, 0.4) is 0 Å². The zero-order valence-electron chi connectivity index (χ0n) is 8.23. The van der Waals surface area contributed by atoms with Crippen LogP contribution in [0.5, 0.6) is 0 Å². The number of nitrogens with two attached hydrogens (primary N) is 1. The first-order valence-electron chi connectivity index (χ1n) is 4.26. The van der Waals surface area contributed by atoms with Gasteiger partial charge >= 0.3 is 0 Å². The summed E-state index contributed by atoms with van der Waals surface area (Å²) < 4.78 is 24.5. The van der Waals surface area contributed by atoms with Gasteiger partial charge in [0.2, 0.25) is 10.0 Å².